The number of carbonyl (C=O) groups excluding carboxylic acids is 1. The second kappa shape index (κ2) is 2.89. The van der Waals surface area contributed by atoms with E-state index < -0.39 is 0 Å². The molecular formula is C8H10N2O2. The van der Waals surface area contributed by atoms with Crippen LogP contribution in [0.2, 0.25) is 0 Å². The van der Waals surface area contributed by atoms with E-state index in [2.05, 4.69) is 9.97 Å². The number of ketones is 1. The number of rotatable bonds is 1. The third-order valence-electron chi connectivity index (χ3n) is 1.73. The van der Waals surface area contributed by atoms with Gasteiger partial charge in [0.2, 0.25) is 0 Å². The first-order chi connectivity index (χ1) is 5.52. The molecule has 0 radical (unpaired) electrons. The maximum Gasteiger partial charge on any atom is 0.254 e. The molecule has 0 saturated carbocycles. The van der Waals surface area contributed by atoms with Gasteiger partial charge in [-0.2, -0.15) is 0 Å². The predicted octanol–water partition coefficient (Wildman–Crippen LogP) is 0.589. The molecular weight excluding hydrogens is 156 g/mol. The lowest BCUT2D eigenvalue weighted by atomic mass is 10.2. The van der Waals surface area contributed by atoms with Crippen molar-refractivity contribution in [2.45, 2.75) is 20.8 Å². The molecule has 1 heterocycles. The van der Waals surface area contributed by atoms with Crippen molar-refractivity contribution < 1.29 is 4.79 Å². The molecule has 1 N–H and O–H groups in total. The molecule has 0 aromatic carbocycles. The number of hydrogen-bond donors (Lipinski definition) is 1. The summed E-state index contributed by atoms with van der Waals surface area (Å²) in [6.07, 6.45) is 0. The van der Waals surface area contributed by atoms with Crippen LogP contribution < -0.4 is 5.56 Å². The van der Waals surface area contributed by atoms with Crippen LogP contribution in [0.3, 0.4) is 0 Å². The Hall–Kier alpha value is -1.45. The van der Waals surface area contributed by atoms with Crippen molar-refractivity contribution in [2.24, 2.45) is 0 Å². The lowest BCUT2D eigenvalue weighted by Crippen LogP contribution is -2.18. The van der Waals surface area contributed by atoms with Gasteiger partial charge in [-0.05, 0) is 13.8 Å². The first-order valence-corrected chi connectivity index (χ1v) is 3.61. The lowest BCUT2D eigenvalue weighted by Gasteiger charge is -1.99. The molecule has 0 fully saturated rings. The first kappa shape index (κ1) is 8.64. The number of aryl methyl sites for hydroxylation is 1. The molecule has 0 aliphatic rings. The number of H-pyrrole nitrogens is 1. The van der Waals surface area contributed by atoms with E-state index in [1.807, 2.05) is 0 Å². The van der Waals surface area contributed by atoms with Crippen LogP contribution in [0.4, 0.5) is 0 Å². The van der Waals surface area contributed by atoms with E-state index in [4.69, 9.17) is 0 Å². The van der Waals surface area contributed by atoms with E-state index in [1.165, 1.54) is 6.92 Å². The Kier molecular flexibility index (Phi) is 2.08. The van der Waals surface area contributed by atoms with Gasteiger partial charge in [-0.25, -0.2) is 4.98 Å². The van der Waals surface area contributed by atoms with Crippen molar-refractivity contribution >= 4 is 5.78 Å². The van der Waals surface area contributed by atoms with Gasteiger partial charge in [-0.15, -0.1) is 0 Å². The molecule has 0 aliphatic carbocycles. The van der Waals surface area contributed by atoms with Gasteiger partial charge in [0, 0.05) is 18.2 Å². The molecule has 1 aromatic rings. The van der Waals surface area contributed by atoms with Crippen LogP contribution in [0.25, 0.3) is 0 Å². The van der Waals surface area contributed by atoms with Gasteiger partial charge in [0.25, 0.3) is 5.56 Å². The number of nitrogens with one attached hydrogen (secondary N) is 1. The zero-order valence-electron chi connectivity index (χ0n) is 7.26. The largest absolute Gasteiger partial charge is 0.304 e. The summed E-state index contributed by atoms with van der Waals surface area (Å²) in [7, 11) is 0. The third-order valence-corrected chi connectivity index (χ3v) is 1.73. The maximum absolute atomic E-state index is 11.1. The molecule has 12 heavy (non-hydrogen) atoms. The molecule has 4 heteroatoms. The Labute approximate surface area is 69.7 Å². The average molecular weight is 166 g/mol. The van der Waals surface area contributed by atoms with Gasteiger partial charge in [-0.1, -0.05) is 0 Å². The van der Waals surface area contributed by atoms with Crippen molar-refractivity contribution in [3.05, 3.63) is 27.4 Å². The topological polar surface area (TPSA) is 62.8 Å². The second-order valence-electron chi connectivity index (χ2n) is 2.68. The summed E-state index contributed by atoms with van der Waals surface area (Å²) >= 11 is 0. The minimum atomic E-state index is -0.243. The Bertz CT molecular complexity index is 379. The normalized spacial score (nSPS) is 9.92. The summed E-state index contributed by atoms with van der Waals surface area (Å²) in [5, 5.41) is 0. The molecule has 0 spiro atoms. The Morgan fingerprint density at radius 3 is 2.42 bits per heavy atom. The molecule has 1 aromatic heterocycles. The number of aromatic amines is 1. The molecule has 0 atom stereocenters. The molecule has 0 bridgehead atoms. The fourth-order valence-corrected chi connectivity index (χ4v) is 0.812. The highest BCUT2D eigenvalue weighted by molar-refractivity contribution is 5.90. The molecule has 4 nitrogen and oxygen atoms in total. The summed E-state index contributed by atoms with van der Waals surface area (Å²) in [6.45, 7) is 4.75. The highest BCUT2D eigenvalue weighted by Gasteiger charge is 2.06. The Balaban J connectivity index is 3.41. The van der Waals surface area contributed by atoms with E-state index in [0.29, 0.717) is 11.3 Å². The number of carbonyl (C=O) groups is 1. The van der Waals surface area contributed by atoms with Gasteiger partial charge in [0.1, 0.15) is 0 Å². The molecule has 0 aliphatic heterocycles. The number of Topliss-reactive ketones (excluding diaryl/α,β-unsaturated/α-hetero) is 1. The number of hydrogen-bond acceptors (Lipinski definition) is 3. The van der Waals surface area contributed by atoms with Crippen LogP contribution >= 0.6 is 0 Å². The van der Waals surface area contributed by atoms with Crippen LogP contribution in [0, 0.1) is 13.8 Å². The molecule has 0 amide bonds. The van der Waals surface area contributed by atoms with E-state index >= 15 is 0 Å². The third kappa shape index (κ3) is 1.42. The van der Waals surface area contributed by atoms with Gasteiger partial charge in [0.05, 0.1) is 0 Å². The summed E-state index contributed by atoms with van der Waals surface area (Å²) < 4.78 is 0. The second-order valence-corrected chi connectivity index (χ2v) is 2.68. The molecule has 64 valence electrons. The minimum absolute atomic E-state index is 0.128. The lowest BCUT2D eigenvalue weighted by molar-refractivity contribution is 0.100. The average Bonchev–Trinajstić information content (AvgIpc) is 1.99. The summed E-state index contributed by atoms with van der Waals surface area (Å²) in [6, 6.07) is 0. The Morgan fingerprint density at radius 1 is 1.42 bits per heavy atom. The molecule has 0 saturated heterocycles. The SMILES string of the molecule is CC(=O)c1nc(C)c(C)c(=O)[nH]1. The van der Waals surface area contributed by atoms with Crippen molar-refractivity contribution in [1.82, 2.24) is 9.97 Å². The zero-order valence-corrected chi connectivity index (χ0v) is 7.26. The molecule has 1 rings (SSSR count). The summed E-state index contributed by atoms with van der Waals surface area (Å²) in [4.78, 5) is 28.3. The van der Waals surface area contributed by atoms with Crippen molar-refractivity contribution in [3.8, 4) is 0 Å². The van der Waals surface area contributed by atoms with Crippen LogP contribution in [0.1, 0.15) is 28.8 Å². The highest BCUT2D eigenvalue weighted by atomic mass is 16.1. The van der Waals surface area contributed by atoms with Gasteiger partial charge < -0.3 is 4.98 Å². The quantitative estimate of drug-likeness (QED) is 0.621. The van der Waals surface area contributed by atoms with E-state index in [1.54, 1.807) is 13.8 Å². The zero-order chi connectivity index (χ0) is 9.30. The van der Waals surface area contributed by atoms with E-state index in [9.17, 15) is 9.59 Å². The summed E-state index contributed by atoms with van der Waals surface area (Å²) in [5.41, 5.74) is 0.914. The highest BCUT2D eigenvalue weighted by Crippen LogP contribution is 1.96. The monoisotopic (exact) mass is 166 g/mol. The van der Waals surface area contributed by atoms with Gasteiger partial charge in [0.15, 0.2) is 11.6 Å². The number of aromatic nitrogens is 2. The first-order valence-electron chi connectivity index (χ1n) is 3.61. The van der Waals surface area contributed by atoms with E-state index in [0.717, 1.165) is 0 Å². The predicted molar refractivity (Wildman–Crippen MR) is 44.3 cm³/mol. The maximum atomic E-state index is 11.1. The van der Waals surface area contributed by atoms with Crippen LogP contribution in [-0.2, 0) is 0 Å². The Morgan fingerprint density at radius 2 is 2.00 bits per heavy atom. The van der Waals surface area contributed by atoms with Crippen LogP contribution in [0.15, 0.2) is 4.79 Å². The van der Waals surface area contributed by atoms with Gasteiger partial charge >= 0.3 is 0 Å². The van der Waals surface area contributed by atoms with Crippen LogP contribution in [0.5, 0.6) is 0 Å². The fraction of sp³-hybridized carbons (Fsp3) is 0.375. The molecule has 0 unspecified atom stereocenters. The minimum Gasteiger partial charge on any atom is -0.304 e. The van der Waals surface area contributed by atoms with Gasteiger partial charge in [-0.3, -0.25) is 9.59 Å². The number of nitrogens with zero attached hydrogens (tertiary/aromatic N) is 1. The van der Waals surface area contributed by atoms with E-state index in [-0.39, 0.29) is 17.2 Å². The summed E-state index contributed by atoms with van der Waals surface area (Å²) in [5.74, 6) is -0.0988. The fourth-order valence-electron chi connectivity index (χ4n) is 0.812. The van der Waals surface area contributed by atoms with Crippen molar-refractivity contribution in [2.75, 3.05) is 0 Å². The van der Waals surface area contributed by atoms with Crippen molar-refractivity contribution in [1.29, 1.82) is 0 Å². The smallest absolute Gasteiger partial charge is 0.254 e. The standard InChI is InChI=1S/C8H10N2O2/c1-4-5(2)9-7(6(3)11)10-8(4)12/h1-3H3,(H,9,10,12). The van der Waals surface area contributed by atoms with Crippen LogP contribution in [-0.4, -0.2) is 15.8 Å². The van der Waals surface area contributed by atoms with Crippen molar-refractivity contribution in [3.63, 3.8) is 0 Å².